The molecule has 0 saturated heterocycles. The molecule has 2 N–H and O–H groups in total. The number of rotatable bonds is 3. The molecule has 4 nitrogen and oxygen atoms in total. The third kappa shape index (κ3) is 2.35. The van der Waals surface area contributed by atoms with Crippen molar-refractivity contribution in [2.75, 3.05) is 6.54 Å². The third-order valence-electron chi connectivity index (χ3n) is 3.00. The summed E-state index contributed by atoms with van der Waals surface area (Å²) >= 11 is 0. The molecule has 0 radical (unpaired) electrons. The standard InChI is InChI=1S/C15H15N3O/c1-10-2-4-11(5-3-10)12-6-7-13-15(17-12)18-14(19-13)8-9-16/h2-7H,8-9,16H2,1H3. The van der Waals surface area contributed by atoms with Crippen LogP contribution in [0.25, 0.3) is 22.5 Å². The Bertz CT molecular complexity index is 701. The molecule has 0 aliphatic heterocycles. The average molecular weight is 253 g/mol. The van der Waals surface area contributed by atoms with Crippen LogP contribution in [0.5, 0.6) is 0 Å². The van der Waals surface area contributed by atoms with Gasteiger partial charge in [-0.25, -0.2) is 4.98 Å². The number of hydrogen-bond acceptors (Lipinski definition) is 4. The van der Waals surface area contributed by atoms with Crippen molar-refractivity contribution in [3.8, 4) is 11.3 Å². The summed E-state index contributed by atoms with van der Waals surface area (Å²) in [5, 5.41) is 0. The Morgan fingerprint density at radius 2 is 1.84 bits per heavy atom. The van der Waals surface area contributed by atoms with E-state index in [2.05, 4.69) is 41.2 Å². The molecule has 2 heterocycles. The summed E-state index contributed by atoms with van der Waals surface area (Å²) in [7, 11) is 0. The summed E-state index contributed by atoms with van der Waals surface area (Å²) in [6.07, 6.45) is 0.635. The number of nitrogens with zero attached hydrogens (tertiary/aromatic N) is 2. The van der Waals surface area contributed by atoms with E-state index in [1.165, 1.54) is 5.56 Å². The van der Waals surface area contributed by atoms with Gasteiger partial charge in [0.25, 0.3) is 0 Å². The lowest BCUT2D eigenvalue weighted by Gasteiger charge is -2.00. The number of fused-ring (bicyclic) bond motifs is 1. The van der Waals surface area contributed by atoms with Gasteiger partial charge in [-0.05, 0) is 19.1 Å². The fourth-order valence-corrected chi connectivity index (χ4v) is 1.98. The van der Waals surface area contributed by atoms with Crippen LogP contribution in [0.1, 0.15) is 11.5 Å². The summed E-state index contributed by atoms with van der Waals surface area (Å²) in [5.74, 6) is 0.644. The first kappa shape index (κ1) is 11.9. The minimum atomic E-state index is 0.525. The van der Waals surface area contributed by atoms with Crippen molar-refractivity contribution >= 4 is 11.2 Å². The Morgan fingerprint density at radius 3 is 2.58 bits per heavy atom. The minimum absolute atomic E-state index is 0.525. The van der Waals surface area contributed by atoms with Gasteiger partial charge < -0.3 is 10.2 Å². The van der Waals surface area contributed by atoms with Gasteiger partial charge >= 0.3 is 0 Å². The molecule has 0 aliphatic rings. The second kappa shape index (κ2) is 4.82. The van der Waals surface area contributed by atoms with Crippen LogP contribution in [-0.4, -0.2) is 16.5 Å². The summed E-state index contributed by atoms with van der Waals surface area (Å²) < 4.78 is 5.56. The SMILES string of the molecule is Cc1ccc(-c2ccc3oc(CCN)nc3n2)cc1. The van der Waals surface area contributed by atoms with Crippen LogP contribution in [-0.2, 0) is 6.42 Å². The maximum absolute atomic E-state index is 5.56. The number of pyridine rings is 1. The van der Waals surface area contributed by atoms with Crippen LogP contribution in [0, 0.1) is 6.92 Å². The van der Waals surface area contributed by atoms with E-state index in [0.717, 1.165) is 11.3 Å². The topological polar surface area (TPSA) is 64.9 Å². The Balaban J connectivity index is 2.03. The van der Waals surface area contributed by atoms with Crippen molar-refractivity contribution in [2.24, 2.45) is 5.73 Å². The smallest absolute Gasteiger partial charge is 0.199 e. The molecule has 0 amide bonds. The van der Waals surface area contributed by atoms with Crippen LogP contribution >= 0.6 is 0 Å². The zero-order chi connectivity index (χ0) is 13.2. The third-order valence-corrected chi connectivity index (χ3v) is 3.00. The first-order valence-corrected chi connectivity index (χ1v) is 6.30. The highest BCUT2D eigenvalue weighted by Crippen LogP contribution is 2.21. The molecule has 0 saturated carbocycles. The average Bonchev–Trinajstić information content (AvgIpc) is 2.81. The highest BCUT2D eigenvalue weighted by molar-refractivity contribution is 5.73. The van der Waals surface area contributed by atoms with Crippen LogP contribution in [0.15, 0.2) is 40.8 Å². The highest BCUT2D eigenvalue weighted by atomic mass is 16.3. The van der Waals surface area contributed by atoms with Crippen LogP contribution in [0.2, 0.25) is 0 Å². The van der Waals surface area contributed by atoms with Gasteiger partial charge in [0.15, 0.2) is 17.1 Å². The van der Waals surface area contributed by atoms with Gasteiger partial charge in [-0.3, -0.25) is 0 Å². The van der Waals surface area contributed by atoms with Crippen molar-refractivity contribution < 1.29 is 4.42 Å². The van der Waals surface area contributed by atoms with E-state index in [4.69, 9.17) is 10.2 Å². The van der Waals surface area contributed by atoms with Crippen LogP contribution in [0.3, 0.4) is 0 Å². The largest absolute Gasteiger partial charge is 0.439 e. The Hall–Kier alpha value is -2.20. The second-order valence-electron chi connectivity index (χ2n) is 4.53. The minimum Gasteiger partial charge on any atom is -0.439 e. The van der Waals surface area contributed by atoms with E-state index in [1.54, 1.807) is 0 Å². The summed E-state index contributed by atoms with van der Waals surface area (Å²) in [4.78, 5) is 8.88. The van der Waals surface area contributed by atoms with E-state index in [0.29, 0.717) is 30.1 Å². The van der Waals surface area contributed by atoms with E-state index < -0.39 is 0 Å². The molecule has 1 aromatic carbocycles. The van der Waals surface area contributed by atoms with Crippen molar-refractivity contribution in [3.05, 3.63) is 47.9 Å². The first-order chi connectivity index (χ1) is 9.26. The molecule has 0 unspecified atom stereocenters. The number of nitrogens with two attached hydrogens (primary N) is 1. The van der Waals surface area contributed by atoms with E-state index in [1.807, 2.05) is 12.1 Å². The summed E-state index contributed by atoms with van der Waals surface area (Å²) in [6.45, 7) is 2.59. The van der Waals surface area contributed by atoms with E-state index in [-0.39, 0.29) is 0 Å². The van der Waals surface area contributed by atoms with E-state index in [9.17, 15) is 0 Å². The molecule has 0 atom stereocenters. The molecule has 3 rings (SSSR count). The molecule has 96 valence electrons. The van der Waals surface area contributed by atoms with Crippen molar-refractivity contribution in [1.29, 1.82) is 0 Å². The maximum atomic E-state index is 5.56. The zero-order valence-electron chi connectivity index (χ0n) is 10.8. The predicted molar refractivity (Wildman–Crippen MR) is 74.7 cm³/mol. The van der Waals surface area contributed by atoms with Gasteiger partial charge in [-0.1, -0.05) is 29.8 Å². The summed E-state index contributed by atoms with van der Waals surface area (Å²) in [6, 6.07) is 12.1. The fourth-order valence-electron chi connectivity index (χ4n) is 1.98. The molecule has 19 heavy (non-hydrogen) atoms. The van der Waals surface area contributed by atoms with Crippen molar-refractivity contribution in [3.63, 3.8) is 0 Å². The Labute approximate surface area is 111 Å². The number of aromatic nitrogens is 2. The van der Waals surface area contributed by atoms with Crippen LogP contribution < -0.4 is 5.73 Å². The van der Waals surface area contributed by atoms with Gasteiger partial charge in [-0.15, -0.1) is 0 Å². The molecular weight excluding hydrogens is 238 g/mol. The predicted octanol–water partition coefficient (Wildman–Crippen LogP) is 2.70. The quantitative estimate of drug-likeness (QED) is 0.779. The van der Waals surface area contributed by atoms with Crippen molar-refractivity contribution in [1.82, 2.24) is 9.97 Å². The molecule has 0 bridgehead atoms. The summed E-state index contributed by atoms with van der Waals surface area (Å²) in [5.41, 5.74) is 10.1. The molecule has 0 spiro atoms. The van der Waals surface area contributed by atoms with Gasteiger partial charge in [-0.2, -0.15) is 4.98 Å². The lowest BCUT2D eigenvalue weighted by atomic mass is 10.1. The normalized spacial score (nSPS) is 11.1. The molecular formula is C15H15N3O. The second-order valence-corrected chi connectivity index (χ2v) is 4.53. The first-order valence-electron chi connectivity index (χ1n) is 6.30. The van der Waals surface area contributed by atoms with Gasteiger partial charge in [0.1, 0.15) is 0 Å². The molecule has 3 aromatic rings. The van der Waals surface area contributed by atoms with Crippen molar-refractivity contribution in [2.45, 2.75) is 13.3 Å². The highest BCUT2D eigenvalue weighted by Gasteiger charge is 2.08. The molecule has 0 fully saturated rings. The van der Waals surface area contributed by atoms with Gasteiger partial charge in [0.2, 0.25) is 0 Å². The molecule has 0 aliphatic carbocycles. The number of benzene rings is 1. The Kier molecular flexibility index (Phi) is 3.01. The van der Waals surface area contributed by atoms with Gasteiger partial charge in [0.05, 0.1) is 5.69 Å². The van der Waals surface area contributed by atoms with Gasteiger partial charge in [0, 0.05) is 18.5 Å². The lowest BCUT2D eigenvalue weighted by molar-refractivity contribution is 0.531. The number of hydrogen-bond donors (Lipinski definition) is 1. The maximum Gasteiger partial charge on any atom is 0.199 e. The molecule has 2 aromatic heterocycles. The van der Waals surface area contributed by atoms with E-state index >= 15 is 0 Å². The molecule has 4 heteroatoms. The van der Waals surface area contributed by atoms with Crippen LogP contribution in [0.4, 0.5) is 0 Å². The monoisotopic (exact) mass is 253 g/mol. The Morgan fingerprint density at radius 1 is 1.05 bits per heavy atom. The fraction of sp³-hybridized carbons (Fsp3) is 0.200. The zero-order valence-corrected chi connectivity index (χ0v) is 10.8. The lowest BCUT2D eigenvalue weighted by Crippen LogP contribution is -2.02. The number of oxazole rings is 1. The number of aryl methyl sites for hydroxylation is 1.